The molecular formula is C65H123NO8P+. The van der Waals surface area contributed by atoms with E-state index in [2.05, 4.69) is 62.5 Å². The van der Waals surface area contributed by atoms with Gasteiger partial charge >= 0.3 is 19.8 Å². The van der Waals surface area contributed by atoms with E-state index in [0.717, 1.165) is 64.2 Å². The Hall–Kier alpha value is -2.03. The number of carbonyl (C=O) groups excluding carboxylic acids is 2. The minimum atomic E-state index is -4.39. The van der Waals surface area contributed by atoms with Gasteiger partial charge in [0.15, 0.2) is 6.10 Å². The lowest BCUT2D eigenvalue weighted by atomic mass is 10.0. The molecule has 0 amide bonds. The van der Waals surface area contributed by atoms with Crippen LogP contribution in [0.1, 0.15) is 303 Å². The smallest absolute Gasteiger partial charge is 0.462 e. The van der Waals surface area contributed by atoms with E-state index in [0.29, 0.717) is 23.9 Å². The van der Waals surface area contributed by atoms with Gasteiger partial charge in [-0.15, -0.1) is 0 Å². The van der Waals surface area contributed by atoms with Crippen molar-refractivity contribution in [2.45, 2.75) is 309 Å². The van der Waals surface area contributed by atoms with Crippen molar-refractivity contribution < 1.29 is 42.1 Å². The van der Waals surface area contributed by atoms with Gasteiger partial charge in [-0.2, -0.15) is 0 Å². The van der Waals surface area contributed by atoms with E-state index in [4.69, 9.17) is 18.5 Å². The summed E-state index contributed by atoms with van der Waals surface area (Å²) in [7, 11) is 1.49. The molecule has 75 heavy (non-hydrogen) atoms. The minimum absolute atomic E-state index is 0.0323. The molecule has 0 aliphatic heterocycles. The van der Waals surface area contributed by atoms with Gasteiger partial charge in [0.1, 0.15) is 19.8 Å². The van der Waals surface area contributed by atoms with Crippen LogP contribution in [-0.2, 0) is 32.7 Å². The van der Waals surface area contributed by atoms with E-state index >= 15 is 0 Å². The fourth-order valence-electron chi connectivity index (χ4n) is 9.25. The third kappa shape index (κ3) is 61.1. The zero-order chi connectivity index (χ0) is 54.9. The maximum Gasteiger partial charge on any atom is 0.472 e. The Balaban J connectivity index is 4.07. The second-order valence-electron chi connectivity index (χ2n) is 22.8. The van der Waals surface area contributed by atoms with Crippen LogP contribution in [0.3, 0.4) is 0 Å². The Morgan fingerprint density at radius 2 is 0.760 bits per heavy atom. The standard InChI is InChI=1S/C65H122NO8P/c1-6-8-10-12-14-16-18-20-22-24-26-28-30-32-34-35-37-39-41-43-45-47-49-51-53-55-57-64(67)71-61-63(62-73-75(69,70)72-60-59-66(3,4)5)74-65(68)58-56-54-52-50-48-46-44-42-40-38-36-33-31-29-27-25-23-21-19-17-15-13-11-9-7-2/h9,11,15,17,21,23,27,29,63H,6-8,10,12-14,16,18-20,22,24-26,28,30-62H2,1-5H3/p+1/b11-9-,17-15-,23-21-,29-27-. The molecular weight excluding hydrogens is 954 g/mol. The van der Waals surface area contributed by atoms with Gasteiger partial charge in [0.2, 0.25) is 0 Å². The average Bonchev–Trinajstić information content (AvgIpc) is 3.37. The van der Waals surface area contributed by atoms with Crippen LogP contribution < -0.4 is 0 Å². The molecule has 440 valence electrons. The number of hydrogen-bond acceptors (Lipinski definition) is 7. The first-order valence-corrected chi connectivity index (χ1v) is 33.4. The largest absolute Gasteiger partial charge is 0.472 e. The van der Waals surface area contributed by atoms with Gasteiger partial charge in [0, 0.05) is 12.8 Å². The number of esters is 2. The molecule has 2 atom stereocenters. The number of nitrogens with zero attached hydrogens (tertiary/aromatic N) is 1. The first-order chi connectivity index (χ1) is 36.5. The molecule has 10 heteroatoms. The fourth-order valence-corrected chi connectivity index (χ4v) is 9.99. The number of unbranched alkanes of at least 4 members (excludes halogenated alkanes) is 37. The third-order valence-electron chi connectivity index (χ3n) is 14.1. The Morgan fingerprint density at radius 3 is 1.13 bits per heavy atom. The van der Waals surface area contributed by atoms with Crippen LogP contribution in [0.4, 0.5) is 0 Å². The molecule has 0 fully saturated rings. The molecule has 0 heterocycles. The van der Waals surface area contributed by atoms with Gasteiger partial charge in [-0.1, -0.05) is 287 Å². The SMILES string of the molecule is CC/C=C\C/C=C\C/C=C\C/C=C\CCCCCCCCCCCCCCC(=O)OC(COC(=O)CCCCCCCCCCCCCCCCCCCCCCCCCCCC)COP(=O)(O)OCC[N+](C)(C)C. The number of phosphoric acid groups is 1. The van der Waals surface area contributed by atoms with Crippen LogP contribution >= 0.6 is 7.82 Å². The second kappa shape index (κ2) is 56.7. The van der Waals surface area contributed by atoms with Gasteiger partial charge in [-0.3, -0.25) is 18.6 Å². The van der Waals surface area contributed by atoms with Crippen LogP contribution in [-0.4, -0.2) is 74.9 Å². The summed E-state index contributed by atoms with van der Waals surface area (Å²) >= 11 is 0. The Bertz CT molecular complexity index is 1410. The number of ether oxygens (including phenoxy) is 2. The van der Waals surface area contributed by atoms with Crippen molar-refractivity contribution in [3.05, 3.63) is 48.6 Å². The molecule has 0 radical (unpaired) electrons. The van der Waals surface area contributed by atoms with Crippen molar-refractivity contribution in [2.75, 3.05) is 47.5 Å². The highest BCUT2D eigenvalue weighted by molar-refractivity contribution is 7.47. The van der Waals surface area contributed by atoms with Crippen molar-refractivity contribution in [3.8, 4) is 0 Å². The number of carbonyl (C=O) groups is 2. The predicted octanol–water partition coefficient (Wildman–Crippen LogP) is 20.1. The van der Waals surface area contributed by atoms with Crippen molar-refractivity contribution in [3.63, 3.8) is 0 Å². The summed E-state index contributed by atoms with van der Waals surface area (Å²) in [6.45, 7) is 4.37. The van der Waals surface area contributed by atoms with E-state index in [1.807, 2.05) is 21.1 Å². The number of quaternary nitrogens is 1. The van der Waals surface area contributed by atoms with Crippen LogP contribution in [0.2, 0.25) is 0 Å². The Morgan fingerprint density at radius 1 is 0.427 bits per heavy atom. The monoisotopic (exact) mass is 1080 g/mol. The lowest BCUT2D eigenvalue weighted by Gasteiger charge is -2.24. The van der Waals surface area contributed by atoms with Crippen LogP contribution in [0.15, 0.2) is 48.6 Å². The van der Waals surface area contributed by atoms with Gasteiger partial charge in [-0.25, -0.2) is 4.57 Å². The summed E-state index contributed by atoms with van der Waals surface area (Å²) in [6.07, 6.45) is 71.9. The summed E-state index contributed by atoms with van der Waals surface area (Å²) < 4.78 is 34.7. The molecule has 0 spiro atoms. The maximum atomic E-state index is 12.8. The molecule has 0 aromatic rings. The van der Waals surface area contributed by atoms with E-state index < -0.39 is 26.5 Å². The van der Waals surface area contributed by atoms with Crippen LogP contribution in [0.25, 0.3) is 0 Å². The highest BCUT2D eigenvalue weighted by Crippen LogP contribution is 2.43. The van der Waals surface area contributed by atoms with Crippen molar-refractivity contribution in [2.24, 2.45) is 0 Å². The molecule has 0 aliphatic rings. The summed E-state index contributed by atoms with van der Waals surface area (Å²) in [5.74, 6) is -0.785. The van der Waals surface area contributed by atoms with E-state index in [9.17, 15) is 19.0 Å². The zero-order valence-electron chi connectivity index (χ0n) is 50.0. The Labute approximate surface area is 464 Å². The number of allylic oxidation sites excluding steroid dienone is 8. The molecule has 9 nitrogen and oxygen atoms in total. The summed E-state index contributed by atoms with van der Waals surface area (Å²) in [5, 5.41) is 0. The topological polar surface area (TPSA) is 108 Å². The predicted molar refractivity (Wildman–Crippen MR) is 321 cm³/mol. The summed E-state index contributed by atoms with van der Waals surface area (Å²) in [5.41, 5.74) is 0. The zero-order valence-corrected chi connectivity index (χ0v) is 50.9. The number of hydrogen-bond donors (Lipinski definition) is 1. The third-order valence-corrected chi connectivity index (χ3v) is 15.1. The quantitative estimate of drug-likeness (QED) is 0.0211. The average molecular weight is 1080 g/mol. The first kappa shape index (κ1) is 73.0. The molecule has 1 N–H and O–H groups in total. The van der Waals surface area contributed by atoms with Gasteiger partial charge in [-0.05, 0) is 51.4 Å². The molecule has 0 rings (SSSR count). The maximum absolute atomic E-state index is 12.8. The normalized spacial score (nSPS) is 13.5. The summed E-state index contributed by atoms with van der Waals surface area (Å²) in [6, 6.07) is 0. The molecule has 0 saturated heterocycles. The van der Waals surface area contributed by atoms with Crippen molar-refractivity contribution in [1.82, 2.24) is 0 Å². The van der Waals surface area contributed by atoms with Crippen LogP contribution in [0.5, 0.6) is 0 Å². The van der Waals surface area contributed by atoms with Gasteiger partial charge in [0.05, 0.1) is 27.7 Å². The molecule has 2 unspecified atom stereocenters. The minimum Gasteiger partial charge on any atom is -0.462 e. The molecule has 0 saturated carbocycles. The molecule has 0 aliphatic carbocycles. The van der Waals surface area contributed by atoms with Crippen molar-refractivity contribution in [1.29, 1.82) is 0 Å². The van der Waals surface area contributed by atoms with E-state index in [-0.39, 0.29) is 25.6 Å². The number of rotatable bonds is 59. The first-order valence-electron chi connectivity index (χ1n) is 31.9. The second-order valence-corrected chi connectivity index (χ2v) is 24.2. The molecule has 0 bridgehead atoms. The number of likely N-dealkylation sites (N-methyl/N-ethyl adjacent to an activating group) is 1. The molecule has 0 aromatic carbocycles. The van der Waals surface area contributed by atoms with Crippen LogP contribution in [0, 0.1) is 0 Å². The van der Waals surface area contributed by atoms with E-state index in [1.165, 1.54) is 205 Å². The van der Waals surface area contributed by atoms with Gasteiger partial charge < -0.3 is 18.9 Å². The van der Waals surface area contributed by atoms with Crippen molar-refractivity contribution >= 4 is 19.8 Å². The number of phosphoric ester groups is 1. The van der Waals surface area contributed by atoms with Gasteiger partial charge in [0.25, 0.3) is 0 Å². The lowest BCUT2D eigenvalue weighted by molar-refractivity contribution is -0.870. The lowest BCUT2D eigenvalue weighted by Crippen LogP contribution is -2.37. The highest BCUT2D eigenvalue weighted by Gasteiger charge is 2.27. The Kier molecular flexibility index (Phi) is 55.1. The molecule has 0 aromatic heterocycles. The summed E-state index contributed by atoms with van der Waals surface area (Å²) in [4.78, 5) is 35.8. The highest BCUT2D eigenvalue weighted by atomic mass is 31.2. The fraction of sp³-hybridized carbons (Fsp3) is 0.846. The van der Waals surface area contributed by atoms with E-state index in [1.54, 1.807) is 0 Å².